The molecule has 2 aromatic carbocycles. The molecule has 2 amide bonds. The summed E-state index contributed by atoms with van der Waals surface area (Å²) in [6.45, 7) is 6.71. The molecule has 186 valence electrons. The first kappa shape index (κ1) is 27.5. The fourth-order valence-electron chi connectivity index (χ4n) is 3.43. The Morgan fingerprint density at radius 2 is 1.83 bits per heavy atom. The summed E-state index contributed by atoms with van der Waals surface area (Å²) in [5.74, 6) is 0.640. The van der Waals surface area contributed by atoms with Crippen LogP contribution in [0.2, 0.25) is 10.0 Å². The Hall–Kier alpha value is -2.07. The second-order valence-electron chi connectivity index (χ2n) is 8.21. The highest BCUT2D eigenvalue weighted by Gasteiger charge is 2.25. The number of carbonyl (C=O) groups is 2. The van der Waals surface area contributed by atoms with E-state index in [4.69, 9.17) is 23.2 Å². The molecule has 0 bridgehead atoms. The molecule has 0 saturated carbocycles. The number of halogens is 3. The van der Waals surface area contributed by atoms with Crippen molar-refractivity contribution in [3.8, 4) is 0 Å². The highest BCUT2D eigenvalue weighted by molar-refractivity contribution is 9.10. The van der Waals surface area contributed by atoms with Gasteiger partial charge in [-0.3, -0.25) is 9.59 Å². The SMILES string of the molecule is CCn1c(SCC(=O)Nc2ccc(Br)cc2)nnc1[C@@H](CC(C)C)NC(=O)c1ccc(Cl)cc1Cl. The zero-order valence-corrected chi connectivity index (χ0v) is 23.4. The Bertz CT molecular complexity index is 1190. The minimum absolute atomic E-state index is 0.145. The van der Waals surface area contributed by atoms with E-state index in [1.807, 2.05) is 35.8 Å². The van der Waals surface area contributed by atoms with Crippen LogP contribution in [-0.4, -0.2) is 32.3 Å². The van der Waals surface area contributed by atoms with Gasteiger partial charge in [-0.15, -0.1) is 10.2 Å². The van der Waals surface area contributed by atoms with Crippen molar-refractivity contribution in [2.75, 3.05) is 11.1 Å². The summed E-state index contributed by atoms with van der Waals surface area (Å²) in [6.07, 6.45) is 0.657. The summed E-state index contributed by atoms with van der Waals surface area (Å²) in [4.78, 5) is 25.4. The molecule has 3 aromatic rings. The first-order chi connectivity index (χ1) is 16.7. The van der Waals surface area contributed by atoms with Crippen LogP contribution < -0.4 is 10.6 Å². The highest BCUT2D eigenvalue weighted by Crippen LogP contribution is 2.27. The van der Waals surface area contributed by atoms with Crippen LogP contribution in [0.25, 0.3) is 0 Å². The molecule has 0 aliphatic heterocycles. The Morgan fingerprint density at radius 3 is 2.46 bits per heavy atom. The molecule has 0 fully saturated rings. The van der Waals surface area contributed by atoms with Crippen molar-refractivity contribution in [1.82, 2.24) is 20.1 Å². The van der Waals surface area contributed by atoms with E-state index < -0.39 is 0 Å². The van der Waals surface area contributed by atoms with Crippen LogP contribution in [0, 0.1) is 5.92 Å². The van der Waals surface area contributed by atoms with E-state index in [1.54, 1.807) is 12.1 Å². The smallest absolute Gasteiger partial charge is 0.253 e. The van der Waals surface area contributed by atoms with E-state index in [2.05, 4.69) is 50.6 Å². The van der Waals surface area contributed by atoms with Gasteiger partial charge in [0.15, 0.2) is 11.0 Å². The minimum atomic E-state index is -0.382. The average molecular weight is 599 g/mol. The maximum absolute atomic E-state index is 13.0. The number of thioether (sulfide) groups is 1. The third kappa shape index (κ3) is 7.70. The normalized spacial score (nSPS) is 12.0. The maximum atomic E-state index is 13.0. The Balaban J connectivity index is 1.74. The van der Waals surface area contributed by atoms with Gasteiger partial charge < -0.3 is 15.2 Å². The predicted octanol–water partition coefficient (Wildman–Crippen LogP) is 6.62. The van der Waals surface area contributed by atoms with Gasteiger partial charge >= 0.3 is 0 Å². The number of benzene rings is 2. The standard InChI is InChI=1S/C24H26BrCl2N5O2S/c1-4-32-22(20(11-14(2)3)29-23(34)18-10-7-16(26)12-19(18)27)30-31-24(32)35-13-21(33)28-17-8-5-15(25)6-9-17/h5-10,12,14,20H,4,11,13H2,1-3H3,(H,28,33)(H,29,34)/t20-/m1/s1. The molecule has 0 radical (unpaired) electrons. The molecule has 0 unspecified atom stereocenters. The number of hydrogen-bond donors (Lipinski definition) is 2. The van der Waals surface area contributed by atoms with Crippen LogP contribution in [0.5, 0.6) is 0 Å². The first-order valence-corrected chi connectivity index (χ1v) is 13.6. The van der Waals surface area contributed by atoms with Crippen LogP contribution in [0.4, 0.5) is 5.69 Å². The van der Waals surface area contributed by atoms with E-state index >= 15 is 0 Å². The molecule has 0 aliphatic carbocycles. The van der Waals surface area contributed by atoms with Gasteiger partial charge in [0, 0.05) is 21.7 Å². The monoisotopic (exact) mass is 597 g/mol. The Morgan fingerprint density at radius 1 is 1.11 bits per heavy atom. The quantitative estimate of drug-likeness (QED) is 0.256. The van der Waals surface area contributed by atoms with Gasteiger partial charge in [-0.2, -0.15) is 0 Å². The number of anilines is 1. The van der Waals surface area contributed by atoms with Gasteiger partial charge in [-0.1, -0.05) is 64.7 Å². The molecular formula is C24H26BrCl2N5O2S. The van der Waals surface area contributed by atoms with Gasteiger partial charge in [0.1, 0.15) is 0 Å². The predicted molar refractivity (Wildman–Crippen MR) is 145 cm³/mol. The maximum Gasteiger partial charge on any atom is 0.253 e. The summed E-state index contributed by atoms with van der Waals surface area (Å²) in [6, 6.07) is 11.8. The molecule has 11 heteroatoms. The molecule has 35 heavy (non-hydrogen) atoms. The molecule has 7 nitrogen and oxygen atoms in total. The molecule has 1 heterocycles. The molecular weight excluding hydrogens is 573 g/mol. The first-order valence-electron chi connectivity index (χ1n) is 11.0. The summed E-state index contributed by atoms with van der Waals surface area (Å²) in [5.41, 5.74) is 1.06. The van der Waals surface area contributed by atoms with Crippen LogP contribution in [0.15, 0.2) is 52.1 Å². The van der Waals surface area contributed by atoms with Gasteiger partial charge in [-0.05, 0) is 61.7 Å². The lowest BCUT2D eigenvalue weighted by atomic mass is 10.0. The van der Waals surface area contributed by atoms with Gasteiger partial charge in [0.2, 0.25) is 5.91 Å². The number of carbonyl (C=O) groups excluding carboxylic acids is 2. The van der Waals surface area contributed by atoms with Crippen LogP contribution in [0.3, 0.4) is 0 Å². The fourth-order valence-corrected chi connectivity index (χ4v) is 5.00. The number of amides is 2. The Kier molecular flexibility index (Phi) is 10.0. The molecule has 3 rings (SSSR count). The van der Waals surface area contributed by atoms with Crippen molar-refractivity contribution < 1.29 is 9.59 Å². The minimum Gasteiger partial charge on any atom is -0.342 e. The lowest BCUT2D eigenvalue weighted by Crippen LogP contribution is -2.31. The largest absolute Gasteiger partial charge is 0.342 e. The molecule has 0 spiro atoms. The van der Waals surface area contributed by atoms with Crippen molar-refractivity contribution in [1.29, 1.82) is 0 Å². The van der Waals surface area contributed by atoms with Crippen molar-refractivity contribution in [2.24, 2.45) is 5.92 Å². The number of nitrogens with one attached hydrogen (secondary N) is 2. The molecule has 2 N–H and O–H groups in total. The van der Waals surface area contributed by atoms with Crippen LogP contribution in [0.1, 0.15) is 49.4 Å². The zero-order chi connectivity index (χ0) is 25.5. The number of hydrogen-bond acceptors (Lipinski definition) is 5. The van der Waals surface area contributed by atoms with E-state index in [0.717, 1.165) is 10.2 Å². The summed E-state index contributed by atoms with van der Waals surface area (Å²) >= 11 is 16.9. The molecule has 1 aromatic heterocycles. The average Bonchev–Trinajstić information content (AvgIpc) is 3.21. The van der Waals surface area contributed by atoms with E-state index in [-0.39, 0.29) is 34.5 Å². The van der Waals surface area contributed by atoms with Crippen LogP contribution >= 0.6 is 50.9 Å². The molecule has 0 aliphatic rings. The van der Waals surface area contributed by atoms with Crippen LogP contribution in [-0.2, 0) is 11.3 Å². The van der Waals surface area contributed by atoms with E-state index in [1.165, 1.54) is 17.8 Å². The Labute approximate surface area is 227 Å². The lowest BCUT2D eigenvalue weighted by molar-refractivity contribution is -0.113. The van der Waals surface area contributed by atoms with E-state index in [0.29, 0.717) is 34.5 Å². The van der Waals surface area contributed by atoms with Crippen molar-refractivity contribution in [2.45, 2.75) is 44.9 Å². The van der Waals surface area contributed by atoms with Crippen molar-refractivity contribution in [3.63, 3.8) is 0 Å². The summed E-state index contributed by atoms with van der Waals surface area (Å²) < 4.78 is 2.86. The fraction of sp³-hybridized carbons (Fsp3) is 0.333. The lowest BCUT2D eigenvalue weighted by Gasteiger charge is -2.21. The third-order valence-electron chi connectivity index (χ3n) is 5.02. The van der Waals surface area contributed by atoms with Gasteiger partial charge in [0.25, 0.3) is 5.91 Å². The van der Waals surface area contributed by atoms with Gasteiger partial charge in [-0.25, -0.2) is 0 Å². The molecule has 1 atom stereocenters. The topological polar surface area (TPSA) is 88.9 Å². The zero-order valence-electron chi connectivity index (χ0n) is 19.5. The number of nitrogens with zero attached hydrogens (tertiary/aromatic N) is 3. The summed E-state index contributed by atoms with van der Waals surface area (Å²) in [7, 11) is 0. The van der Waals surface area contributed by atoms with Crippen molar-refractivity contribution >= 4 is 68.4 Å². The van der Waals surface area contributed by atoms with Gasteiger partial charge in [0.05, 0.1) is 22.4 Å². The number of rotatable bonds is 10. The third-order valence-corrected chi connectivity index (χ3v) is 7.07. The second-order valence-corrected chi connectivity index (χ2v) is 10.9. The number of aromatic nitrogens is 3. The summed E-state index contributed by atoms with van der Waals surface area (Å²) in [5, 5.41) is 16.0. The molecule has 0 saturated heterocycles. The van der Waals surface area contributed by atoms with E-state index in [9.17, 15) is 9.59 Å². The van der Waals surface area contributed by atoms with Crippen molar-refractivity contribution in [3.05, 3.63) is 68.4 Å². The second kappa shape index (κ2) is 12.8. The highest BCUT2D eigenvalue weighted by atomic mass is 79.9.